The highest BCUT2D eigenvalue weighted by Gasteiger charge is 2.19. The Bertz CT molecular complexity index is 622. The molecule has 1 fully saturated rings. The molecule has 0 aromatic heterocycles. The monoisotopic (exact) mass is 312 g/mol. The summed E-state index contributed by atoms with van der Waals surface area (Å²) in [5, 5.41) is 15.7. The molecule has 1 heterocycles. The first-order valence-corrected chi connectivity index (χ1v) is 8.66. The van der Waals surface area contributed by atoms with Crippen LogP contribution in [-0.2, 0) is 9.84 Å². The lowest BCUT2D eigenvalue weighted by Crippen LogP contribution is -2.37. The largest absolute Gasteiger partial charge is 0.507 e. The van der Waals surface area contributed by atoms with Crippen molar-refractivity contribution in [3.05, 3.63) is 23.8 Å². The van der Waals surface area contributed by atoms with Crippen LogP contribution in [0.4, 0.5) is 0 Å². The third-order valence-corrected chi connectivity index (χ3v) is 5.36. The van der Waals surface area contributed by atoms with Crippen molar-refractivity contribution in [1.82, 2.24) is 10.6 Å². The van der Waals surface area contributed by atoms with E-state index in [1.807, 2.05) is 0 Å². The number of phenols is 1. The van der Waals surface area contributed by atoms with Gasteiger partial charge in [-0.3, -0.25) is 4.79 Å². The second-order valence-corrected chi connectivity index (χ2v) is 7.36. The molecule has 2 rings (SSSR count). The lowest BCUT2D eigenvalue weighted by molar-refractivity contribution is 0.0947. The molecular formula is C14H20N2O4S. The Hall–Kier alpha value is -1.60. The summed E-state index contributed by atoms with van der Waals surface area (Å²) < 4.78 is 23.7. The Morgan fingerprint density at radius 1 is 1.48 bits per heavy atom. The molecule has 7 heteroatoms. The Morgan fingerprint density at radius 2 is 2.24 bits per heavy atom. The summed E-state index contributed by atoms with van der Waals surface area (Å²) in [5.41, 5.74) is -0.0116. The van der Waals surface area contributed by atoms with Crippen LogP contribution in [0.25, 0.3) is 0 Å². The van der Waals surface area contributed by atoms with E-state index in [1.165, 1.54) is 25.1 Å². The van der Waals surface area contributed by atoms with Crippen LogP contribution in [0.15, 0.2) is 23.1 Å². The van der Waals surface area contributed by atoms with Crippen molar-refractivity contribution in [2.24, 2.45) is 0 Å². The first kappa shape index (κ1) is 15.8. The van der Waals surface area contributed by atoms with Crippen LogP contribution in [-0.4, -0.2) is 44.3 Å². The Labute approximate surface area is 124 Å². The van der Waals surface area contributed by atoms with E-state index in [9.17, 15) is 18.3 Å². The number of rotatable bonds is 5. The average Bonchev–Trinajstić information content (AvgIpc) is 2.98. The molecule has 1 aromatic rings. The SMILES string of the molecule is CCS(=O)(=O)c1ccc(O)c(C(=O)NCC2CCCN2)c1. The molecule has 1 aromatic carbocycles. The first-order chi connectivity index (χ1) is 9.94. The number of sulfone groups is 1. The summed E-state index contributed by atoms with van der Waals surface area (Å²) in [6.07, 6.45) is 2.08. The Balaban J connectivity index is 2.14. The highest BCUT2D eigenvalue weighted by Crippen LogP contribution is 2.22. The Morgan fingerprint density at radius 3 is 2.86 bits per heavy atom. The quantitative estimate of drug-likeness (QED) is 0.742. The number of aromatic hydroxyl groups is 1. The number of nitrogens with one attached hydrogen (secondary N) is 2. The van der Waals surface area contributed by atoms with Gasteiger partial charge in [-0.1, -0.05) is 6.92 Å². The molecule has 3 N–H and O–H groups in total. The van der Waals surface area contributed by atoms with Crippen LogP contribution in [0.1, 0.15) is 30.1 Å². The fourth-order valence-corrected chi connectivity index (χ4v) is 3.21. The summed E-state index contributed by atoms with van der Waals surface area (Å²) in [4.78, 5) is 12.1. The predicted octanol–water partition coefficient (Wildman–Crippen LogP) is 0.668. The topological polar surface area (TPSA) is 95.5 Å². The van der Waals surface area contributed by atoms with Gasteiger partial charge < -0.3 is 15.7 Å². The first-order valence-electron chi connectivity index (χ1n) is 7.01. The molecule has 0 radical (unpaired) electrons. The van der Waals surface area contributed by atoms with E-state index in [4.69, 9.17) is 0 Å². The molecule has 0 spiro atoms. The Kier molecular flexibility index (Phi) is 4.84. The molecule has 0 aliphatic carbocycles. The number of amides is 1. The van der Waals surface area contributed by atoms with Crippen LogP contribution >= 0.6 is 0 Å². The van der Waals surface area contributed by atoms with Crippen LogP contribution in [0.2, 0.25) is 0 Å². The number of hydrogen-bond donors (Lipinski definition) is 3. The number of carbonyl (C=O) groups is 1. The zero-order chi connectivity index (χ0) is 15.5. The number of phenolic OH excluding ortho intramolecular Hbond substituents is 1. The molecule has 1 saturated heterocycles. The maximum absolute atomic E-state index is 12.1. The minimum Gasteiger partial charge on any atom is -0.507 e. The van der Waals surface area contributed by atoms with E-state index in [-0.39, 0.29) is 28.0 Å². The fraction of sp³-hybridized carbons (Fsp3) is 0.500. The van der Waals surface area contributed by atoms with Crippen molar-refractivity contribution < 1.29 is 18.3 Å². The van der Waals surface area contributed by atoms with Gasteiger partial charge in [0.05, 0.1) is 16.2 Å². The summed E-state index contributed by atoms with van der Waals surface area (Å²) in [6.45, 7) is 2.94. The van der Waals surface area contributed by atoms with Crippen LogP contribution in [0, 0.1) is 0 Å². The van der Waals surface area contributed by atoms with Gasteiger partial charge in [-0.15, -0.1) is 0 Å². The summed E-state index contributed by atoms with van der Waals surface area (Å²) in [6, 6.07) is 4.01. The fourth-order valence-electron chi connectivity index (χ4n) is 2.30. The van der Waals surface area contributed by atoms with Gasteiger partial charge in [-0.25, -0.2) is 8.42 Å². The number of benzene rings is 1. The third kappa shape index (κ3) is 3.74. The van der Waals surface area contributed by atoms with Crippen molar-refractivity contribution in [3.8, 4) is 5.75 Å². The van der Waals surface area contributed by atoms with Gasteiger partial charge in [0.1, 0.15) is 5.75 Å². The van der Waals surface area contributed by atoms with E-state index in [0.717, 1.165) is 19.4 Å². The smallest absolute Gasteiger partial charge is 0.255 e. The normalized spacial score (nSPS) is 18.6. The van der Waals surface area contributed by atoms with Crippen molar-refractivity contribution in [2.45, 2.75) is 30.7 Å². The molecule has 1 unspecified atom stereocenters. The number of carbonyl (C=O) groups excluding carboxylic acids is 1. The van der Waals surface area contributed by atoms with Crippen LogP contribution in [0.3, 0.4) is 0 Å². The van der Waals surface area contributed by atoms with Crippen LogP contribution in [0.5, 0.6) is 5.75 Å². The van der Waals surface area contributed by atoms with E-state index in [2.05, 4.69) is 10.6 Å². The predicted molar refractivity (Wildman–Crippen MR) is 79.2 cm³/mol. The molecule has 116 valence electrons. The molecule has 21 heavy (non-hydrogen) atoms. The van der Waals surface area contributed by atoms with Gasteiger partial charge in [-0.2, -0.15) is 0 Å². The van der Waals surface area contributed by atoms with Gasteiger partial charge in [-0.05, 0) is 37.6 Å². The molecule has 1 aliphatic rings. The lowest BCUT2D eigenvalue weighted by Gasteiger charge is -2.12. The van der Waals surface area contributed by atoms with Gasteiger partial charge >= 0.3 is 0 Å². The minimum atomic E-state index is -3.41. The average molecular weight is 312 g/mol. The number of hydrogen-bond acceptors (Lipinski definition) is 5. The highest BCUT2D eigenvalue weighted by atomic mass is 32.2. The van der Waals surface area contributed by atoms with Crippen LogP contribution < -0.4 is 10.6 Å². The van der Waals surface area contributed by atoms with Gasteiger partial charge in [0.2, 0.25) is 0 Å². The standard InChI is InChI=1S/C14H20N2O4S/c1-2-21(19,20)11-5-6-13(17)12(8-11)14(18)16-9-10-4-3-7-15-10/h5-6,8,10,15,17H,2-4,7,9H2,1H3,(H,16,18). The van der Waals surface area contributed by atoms with Gasteiger partial charge in [0.15, 0.2) is 9.84 Å². The van der Waals surface area contributed by atoms with E-state index >= 15 is 0 Å². The summed E-state index contributed by atoms with van der Waals surface area (Å²) in [5.74, 6) is -0.735. The molecule has 6 nitrogen and oxygen atoms in total. The van der Waals surface area contributed by atoms with Crippen molar-refractivity contribution in [2.75, 3.05) is 18.8 Å². The highest BCUT2D eigenvalue weighted by molar-refractivity contribution is 7.91. The van der Waals surface area contributed by atoms with Gasteiger partial charge in [0, 0.05) is 12.6 Å². The molecule has 0 bridgehead atoms. The van der Waals surface area contributed by atoms with Crippen molar-refractivity contribution in [1.29, 1.82) is 0 Å². The molecule has 1 aliphatic heterocycles. The maximum Gasteiger partial charge on any atom is 0.255 e. The van der Waals surface area contributed by atoms with E-state index < -0.39 is 15.7 Å². The van der Waals surface area contributed by atoms with E-state index in [1.54, 1.807) is 0 Å². The minimum absolute atomic E-state index is 0.0116. The zero-order valence-electron chi connectivity index (χ0n) is 11.9. The zero-order valence-corrected chi connectivity index (χ0v) is 12.7. The van der Waals surface area contributed by atoms with E-state index in [0.29, 0.717) is 6.54 Å². The molecule has 1 atom stereocenters. The summed E-state index contributed by atoms with van der Waals surface area (Å²) in [7, 11) is -3.41. The third-order valence-electron chi connectivity index (χ3n) is 3.62. The van der Waals surface area contributed by atoms with Crippen molar-refractivity contribution in [3.63, 3.8) is 0 Å². The second-order valence-electron chi connectivity index (χ2n) is 5.09. The molecular weight excluding hydrogens is 292 g/mol. The summed E-state index contributed by atoms with van der Waals surface area (Å²) >= 11 is 0. The second kappa shape index (κ2) is 6.44. The van der Waals surface area contributed by atoms with Crippen molar-refractivity contribution >= 4 is 15.7 Å². The lowest BCUT2D eigenvalue weighted by atomic mass is 10.1. The molecule has 0 saturated carbocycles. The maximum atomic E-state index is 12.1. The van der Waals surface area contributed by atoms with Gasteiger partial charge in [0.25, 0.3) is 5.91 Å². The molecule has 1 amide bonds.